The van der Waals surface area contributed by atoms with Crippen LogP contribution in [0.1, 0.15) is 23.6 Å². The van der Waals surface area contributed by atoms with Crippen LogP contribution >= 0.6 is 0 Å². The molecule has 0 saturated carbocycles. The monoisotopic (exact) mass is 568 g/mol. The van der Waals surface area contributed by atoms with Gasteiger partial charge in [-0.05, 0) is 31.2 Å². The summed E-state index contributed by atoms with van der Waals surface area (Å²) in [6, 6.07) is 25.5. The number of amides is 3. The van der Waals surface area contributed by atoms with Crippen molar-refractivity contribution in [3.63, 3.8) is 0 Å². The number of piperazine rings is 1. The van der Waals surface area contributed by atoms with Crippen LogP contribution in [0.2, 0.25) is 0 Å². The molecule has 2 aliphatic rings. The highest BCUT2D eigenvalue weighted by molar-refractivity contribution is 6.16. The Morgan fingerprint density at radius 2 is 1.57 bits per heavy atom. The summed E-state index contributed by atoms with van der Waals surface area (Å²) in [5.74, 6) is -1.32. The van der Waals surface area contributed by atoms with E-state index in [1.807, 2.05) is 48.5 Å². The number of anilines is 1. The van der Waals surface area contributed by atoms with Crippen LogP contribution in [0.15, 0.2) is 89.9 Å². The molecule has 3 N–H and O–H groups in total. The predicted octanol–water partition coefficient (Wildman–Crippen LogP) is 2.72. The first-order valence-corrected chi connectivity index (χ1v) is 14.0. The van der Waals surface area contributed by atoms with Crippen LogP contribution in [0.4, 0.5) is 10.5 Å². The van der Waals surface area contributed by atoms with Crippen molar-refractivity contribution in [2.75, 3.05) is 44.7 Å². The number of ether oxygens (including phenoxy) is 1. The number of nitrogens with two attached hydrogens (primary N) is 1. The number of para-hydroxylation sites is 1. The third-order valence-corrected chi connectivity index (χ3v) is 7.89. The molecule has 0 spiro atoms. The summed E-state index contributed by atoms with van der Waals surface area (Å²) in [6.07, 6.45) is -2.16. The molecule has 2 heterocycles. The molecule has 10 heteroatoms. The lowest BCUT2D eigenvalue weighted by Gasteiger charge is -2.40. The predicted molar refractivity (Wildman–Crippen MR) is 161 cm³/mol. The Morgan fingerprint density at radius 1 is 0.952 bits per heavy atom. The molecule has 218 valence electrons. The van der Waals surface area contributed by atoms with Crippen molar-refractivity contribution in [3.05, 3.63) is 102 Å². The Hall–Kier alpha value is -4.54. The Kier molecular flexibility index (Phi) is 8.65. The Morgan fingerprint density at radius 3 is 2.24 bits per heavy atom. The molecule has 3 aromatic carbocycles. The quantitative estimate of drug-likeness (QED) is 0.431. The second-order valence-electron chi connectivity index (χ2n) is 10.8. The lowest BCUT2D eigenvalue weighted by Crippen LogP contribution is -2.60. The lowest BCUT2D eigenvalue weighted by atomic mass is 9.87. The van der Waals surface area contributed by atoms with Gasteiger partial charge in [0.15, 0.2) is 0 Å². The number of carbonyl (C=O) groups excluding carboxylic acids is 3. The second kappa shape index (κ2) is 12.5. The number of fused-ring (bicyclic) bond motifs is 1. The zero-order valence-electron chi connectivity index (χ0n) is 23.9. The number of nitrogens with one attached hydrogen (secondary N) is 1. The molecule has 1 saturated heterocycles. The van der Waals surface area contributed by atoms with E-state index in [-0.39, 0.29) is 6.61 Å². The molecular formula is C32H36N6O4. The van der Waals surface area contributed by atoms with Gasteiger partial charge in [-0.2, -0.15) is 0 Å². The van der Waals surface area contributed by atoms with Gasteiger partial charge in [0, 0.05) is 38.3 Å². The van der Waals surface area contributed by atoms with Crippen molar-refractivity contribution in [2.24, 2.45) is 10.7 Å². The van der Waals surface area contributed by atoms with E-state index in [4.69, 9.17) is 15.5 Å². The SMILES string of the molecule is CN1CCN(CC2=NC(NC(=O)OCc3ccccc3)C(=O)N(C(C)(C(N)=O)c3ccccc3)c3ccccc32)CC1. The molecule has 2 atom stereocenters. The van der Waals surface area contributed by atoms with Crippen molar-refractivity contribution in [2.45, 2.75) is 25.2 Å². The fraction of sp³-hybridized carbons (Fsp3) is 0.312. The minimum Gasteiger partial charge on any atom is -0.445 e. The first kappa shape index (κ1) is 29.0. The summed E-state index contributed by atoms with van der Waals surface area (Å²) in [7, 11) is 2.08. The molecule has 2 unspecified atom stereocenters. The minimum absolute atomic E-state index is 0.0262. The molecule has 0 aromatic heterocycles. The highest BCUT2D eigenvalue weighted by Crippen LogP contribution is 2.37. The van der Waals surface area contributed by atoms with E-state index in [0.29, 0.717) is 29.1 Å². The number of hydrogen-bond acceptors (Lipinski definition) is 7. The van der Waals surface area contributed by atoms with E-state index in [1.54, 1.807) is 43.3 Å². The zero-order chi connectivity index (χ0) is 29.7. The van der Waals surface area contributed by atoms with Crippen LogP contribution in [-0.2, 0) is 26.5 Å². The number of rotatable bonds is 8. The van der Waals surface area contributed by atoms with Gasteiger partial charge in [-0.25, -0.2) is 4.79 Å². The maximum atomic E-state index is 14.4. The molecule has 2 aliphatic heterocycles. The Bertz CT molecular complexity index is 1460. The molecule has 42 heavy (non-hydrogen) atoms. The molecule has 5 rings (SSSR count). The van der Waals surface area contributed by atoms with Gasteiger partial charge in [0.1, 0.15) is 12.1 Å². The number of benzene rings is 3. The average molecular weight is 569 g/mol. The van der Waals surface area contributed by atoms with Crippen LogP contribution in [-0.4, -0.2) is 79.4 Å². The molecule has 0 bridgehead atoms. The van der Waals surface area contributed by atoms with Gasteiger partial charge in [0.05, 0.1) is 11.4 Å². The van der Waals surface area contributed by atoms with E-state index < -0.39 is 29.6 Å². The Balaban J connectivity index is 1.55. The molecule has 3 amide bonds. The number of likely N-dealkylation sites (N-methyl/N-ethyl adjacent to an activating group) is 1. The van der Waals surface area contributed by atoms with Crippen molar-refractivity contribution in [3.8, 4) is 0 Å². The van der Waals surface area contributed by atoms with Crippen molar-refractivity contribution in [1.29, 1.82) is 0 Å². The first-order chi connectivity index (χ1) is 20.3. The summed E-state index contributed by atoms with van der Waals surface area (Å²) in [4.78, 5) is 51.5. The van der Waals surface area contributed by atoms with E-state index in [2.05, 4.69) is 22.2 Å². The third kappa shape index (κ3) is 6.05. The number of carbonyl (C=O) groups is 3. The molecule has 10 nitrogen and oxygen atoms in total. The van der Waals surface area contributed by atoms with Gasteiger partial charge in [-0.3, -0.25) is 29.7 Å². The maximum Gasteiger partial charge on any atom is 0.409 e. The lowest BCUT2D eigenvalue weighted by molar-refractivity contribution is -0.129. The zero-order valence-corrected chi connectivity index (χ0v) is 23.9. The maximum absolute atomic E-state index is 14.4. The van der Waals surface area contributed by atoms with E-state index in [0.717, 1.165) is 31.7 Å². The van der Waals surface area contributed by atoms with Crippen LogP contribution in [0, 0.1) is 0 Å². The molecule has 0 radical (unpaired) electrons. The van der Waals surface area contributed by atoms with Crippen LogP contribution < -0.4 is 16.0 Å². The van der Waals surface area contributed by atoms with Crippen molar-refractivity contribution in [1.82, 2.24) is 15.1 Å². The van der Waals surface area contributed by atoms with E-state index >= 15 is 0 Å². The van der Waals surface area contributed by atoms with Gasteiger partial charge in [-0.15, -0.1) is 0 Å². The molecule has 3 aromatic rings. The van der Waals surface area contributed by atoms with Gasteiger partial charge in [0.2, 0.25) is 12.1 Å². The van der Waals surface area contributed by atoms with Crippen LogP contribution in [0.3, 0.4) is 0 Å². The number of hydrogen-bond donors (Lipinski definition) is 2. The number of aliphatic imine (C=N–C) groups is 1. The summed E-state index contributed by atoms with van der Waals surface area (Å²) in [5, 5.41) is 2.66. The fourth-order valence-corrected chi connectivity index (χ4v) is 5.35. The molecule has 1 fully saturated rings. The third-order valence-electron chi connectivity index (χ3n) is 7.89. The topological polar surface area (TPSA) is 121 Å². The fourth-order valence-electron chi connectivity index (χ4n) is 5.35. The van der Waals surface area contributed by atoms with Crippen LogP contribution in [0.25, 0.3) is 0 Å². The number of alkyl carbamates (subject to hydrolysis) is 1. The van der Waals surface area contributed by atoms with Gasteiger partial charge >= 0.3 is 6.09 Å². The van der Waals surface area contributed by atoms with Crippen molar-refractivity contribution < 1.29 is 19.1 Å². The highest BCUT2D eigenvalue weighted by atomic mass is 16.5. The first-order valence-electron chi connectivity index (χ1n) is 14.0. The van der Waals surface area contributed by atoms with Gasteiger partial charge in [-0.1, -0.05) is 78.9 Å². The largest absolute Gasteiger partial charge is 0.445 e. The molecule has 0 aliphatic carbocycles. The summed E-state index contributed by atoms with van der Waals surface area (Å²) < 4.78 is 5.45. The smallest absolute Gasteiger partial charge is 0.409 e. The van der Waals surface area contributed by atoms with Gasteiger partial charge < -0.3 is 15.4 Å². The Labute approximate surface area is 245 Å². The summed E-state index contributed by atoms with van der Waals surface area (Å²) >= 11 is 0. The summed E-state index contributed by atoms with van der Waals surface area (Å²) in [5.41, 5.74) is 7.63. The second-order valence-corrected chi connectivity index (χ2v) is 10.8. The minimum atomic E-state index is -1.58. The van der Waals surface area contributed by atoms with E-state index in [9.17, 15) is 14.4 Å². The number of nitrogens with zero attached hydrogens (tertiary/aromatic N) is 4. The normalized spacial score (nSPS) is 19.2. The van der Waals surface area contributed by atoms with Crippen LogP contribution in [0.5, 0.6) is 0 Å². The number of benzodiazepines with no additional fused rings is 1. The standard InChI is InChI=1S/C32H36N6O4/c1-32(30(33)40,24-13-7-4-8-14-24)38-27-16-10-9-15-25(27)26(21-37-19-17-36(2)18-20-37)34-28(29(38)39)35-31(41)42-22-23-11-5-3-6-12-23/h3-16,28H,17-22H2,1-2H3,(H2,33,40)(H,35,41). The number of primary amides is 1. The molecular weight excluding hydrogens is 532 g/mol. The average Bonchev–Trinajstić information content (AvgIpc) is 3.12. The van der Waals surface area contributed by atoms with Gasteiger partial charge in [0.25, 0.3) is 5.91 Å². The summed E-state index contributed by atoms with van der Waals surface area (Å²) in [6.45, 7) is 5.57. The highest BCUT2D eigenvalue weighted by Gasteiger charge is 2.48. The van der Waals surface area contributed by atoms with E-state index in [1.165, 1.54) is 4.90 Å². The van der Waals surface area contributed by atoms with Crippen molar-refractivity contribution >= 4 is 29.3 Å².